The van der Waals surface area contributed by atoms with Crippen LogP contribution in [0.3, 0.4) is 0 Å². The smallest absolute Gasteiger partial charge is 0.245 e. The molecule has 3 heteroatoms. The number of hydrogen-bond donors (Lipinski definition) is 1. The van der Waals surface area contributed by atoms with Gasteiger partial charge in [0.15, 0.2) is 0 Å². The molecule has 0 spiro atoms. The Labute approximate surface area is 127 Å². The standard InChI is InChI=1S/C18H26N2O/c1-3-16-19-17(14-10-5-4-6-11-14)18(21)20(16)15-12-8-7-9-13(15)2/h4-6,10-11,13,15-17,19H,3,7-9,12H2,1-2H3. The predicted molar refractivity (Wildman–Crippen MR) is 84.7 cm³/mol. The van der Waals surface area contributed by atoms with E-state index in [1.807, 2.05) is 18.2 Å². The lowest BCUT2D eigenvalue weighted by Crippen LogP contribution is -2.48. The van der Waals surface area contributed by atoms with E-state index in [9.17, 15) is 4.79 Å². The van der Waals surface area contributed by atoms with Crippen LogP contribution >= 0.6 is 0 Å². The molecule has 4 unspecified atom stereocenters. The van der Waals surface area contributed by atoms with Gasteiger partial charge in [-0.1, -0.05) is 57.0 Å². The third kappa shape index (κ3) is 2.71. The second kappa shape index (κ2) is 6.18. The molecule has 2 aliphatic rings. The number of amides is 1. The number of rotatable bonds is 3. The van der Waals surface area contributed by atoms with Crippen LogP contribution in [-0.2, 0) is 4.79 Å². The summed E-state index contributed by atoms with van der Waals surface area (Å²) in [7, 11) is 0. The van der Waals surface area contributed by atoms with E-state index in [1.54, 1.807) is 0 Å². The molecule has 114 valence electrons. The molecule has 3 rings (SSSR count). The van der Waals surface area contributed by atoms with Crippen molar-refractivity contribution < 1.29 is 4.79 Å². The van der Waals surface area contributed by atoms with Crippen molar-refractivity contribution in [2.24, 2.45) is 5.92 Å². The van der Waals surface area contributed by atoms with Gasteiger partial charge in [-0.3, -0.25) is 10.1 Å². The Bertz CT molecular complexity index is 487. The first-order valence-corrected chi connectivity index (χ1v) is 8.35. The van der Waals surface area contributed by atoms with Gasteiger partial charge in [0.05, 0.1) is 6.17 Å². The van der Waals surface area contributed by atoms with Gasteiger partial charge in [0.1, 0.15) is 6.04 Å². The summed E-state index contributed by atoms with van der Waals surface area (Å²) in [5.41, 5.74) is 1.09. The quantitative estimate of drug-likeness (QED) is 0.922. The van der Waals surface area contributed by atoms with Crippen molar-refractivity contribution in [2.45, 2.75) is 64.2 Å². The molecule has 1 aromatic carbocycles. The van der Waals surface area contributed by atoms with Crippen LogP contribution < -0.4 is 5.32 Å². The fraction of sp³-hybridized carbons (Fsp3) is 0.611. The Morgan fingerprint density at radius 3 is 2.57 bits per heavy atom. The Hall–Kier alpha value is -1.35. The van der Waals surface area contributed by atoms with Gasteiger partial charge < -0.3 is 4.90 Å². The predicted octanol–water partition coefficient (Wildman–Crippen LogP) is 3.47. The van der Waals surface area contributed by atoms with E-state index in [0.29, 0.717) is 12.0 Å². The maximum atomic E-state index is 13.0. The van der Waals surface area contributed by atoms with Gasteiger partial charge in [-0.05, 0) is 30.7 Å². The molecule has 1 aliphatic heterocycles. The van der Waals surface area contributed by atoms with E-state index in [1.165, 1.54) is 19.3 Å². The lowest BCUT2D eigenvalue weighted by atomic mass is 9.84. The van der Waals surface area contributed by atoms with Crippen LogP contribution in [0.2, 0.25) is 0 Å². The molecule has 0 aromatic heterocycles. The number of nitrogens with zero attached hydrogens (tertiary/aromatic N) is 1. The van der Waals surface area contributed by atoms with Gasteiger partial charge in [-0.25, -0.2) is 0 Å². The van der Waals surface area contributed by atoms with Crippen molar-refractivity contribution in [1.82, 2.24) is 10.2 Å². The highest BCUT2D eigenvalue weighted by Crippen LogP contribution is 2.35. The fourth-order valence-electron chi connectivity index (χ4n) is 3.95. The summed E-state index contributed by atoms with van der Waals surface area (Å²) in [4.78, 5) is 15.2. The average molecular weight is 286 g/mol. The maximum absolute atomic E-state index is 13.0. The fourth-order valence-corrected chi connectivity index (χ4v) is 3.95. The zero-order valence-corrected chi connectivity index (χ0v) is 13.1. The Balaban J connectivity index is 1.84. The molecule has 0 radical (unpaired) electrons. The number of benzene rings is 1. The molecular formula is C18H26N2O. The Morgan fingerprint density at radius 1 is 1.19 bits per heavy atom. The van der Waals surface area contributed by atoms with E-state index in [2.05, 4.69) is 36.2 Å². The molecule has 1 saturated heterocycles. The Kier molecular flexibility index (Phi) is 4.29. The maximum Gasteiger partial charge on any atom is 0.245 e. The molecule has 3 nitrogen and oxygen atoms in total. The van der Waals surface area contributed by atoms with E-state index in [4.69, 9.17) is 0 Å². The number of nitrogens with one attached hydrogen (secondary N) is 1. The lowest BCUT2D eigenvalue weighted by Gasteiger charge is -2.39. The van der Waals surface area contributed by atoms with E-state index in [0.717, 1.165) is 18.4 Å². The van der Waals surface area contributed by atoms with Crippen molar-refractivity contribution in [3.63, 3.8) is 0 Å². The summed E-state index contributed by atoms with van der Waals surface area (Å²) < 4.78 is 0. The SMILES string of the molecule is CCC1NC(c2ccccc2)C(=O)N1C1CCCCC1C. The van der Waals surface area contributed by atoms with Crippen LogP contribution in [0.4, 0.5) is 0 Å². The molecule has 1 saturated carbocycles. The first kappa shape index (κ1) is 14.6. The summed E-state index contributed by atoms with van der Waals surface area (Å²) >= 11 is 0. The molecule has 2 fully saturated rings. The summed E-state index contributed by atoms with van der Waals surface area (Å²) in [5.74, 6) is 0.889. The van der Waals surface area contributed by atoms with Gasteiger partial charge >= 0.3 is 0 Å². The van der Waals surface area contributed by atoms with Gasteiger partial charge in [0, 0.05) is 6.04 Å². The minimum Gasteiger partial charge on any atom is -0.322 e. The highest BCUT2D eigenvalue weighted by molar-refractivity contribution is 5.86. The third-order valence-corrected chi connectivity index (χ3v) is 5.14. The largest absolute Gasteiger partial charge is 0.322 e. The molecule has 21 heavy (non-hydrogen) atoms. The molecule has 1 amide bonds. The summed E-state index contributed by atoms with van der Waals surface area (Å²) in [6.45, 7) is 4.47. The zero-order chi connectivity index (χ0) is 14.8. The van der Waals surface area contributed by atoms with Gasteiger partial charge in [-0.15, -0.1) is 0 Å². The van der Waals surface area contributed by atoms with Crippen LogP contribution in [0.1, 0.15) is 57.6 Å². The van der Waals surface area contributed by atoms with Crippen molar-refractivity contribution >= 4 is 5.91 Å². The van der Waals surface area contributed by atoms with Crippen LogP contribution in [0.15, 0.2) is 30.3 Å². The molecule has 0 bridgehead atoms. The van der Waals surface area contributed by atoms with E-state index < -0.39 is 0 Å². The average Bonchev–Trinajstić information content (AvgIpc) is 2.85. The normalized spacial score (nSPS) is 33.4. The van der Waals surface area contributed by atoms with Gasteiger partial charge in [0.25, 0.3) is 0 Å². The molecular weight excluding hydrogens is 260 g/mol. The van der Waals surface area contributed by atoms with Crippen LogP contribution in [0.25, 0.3) is 0 Å². The molecule has 1 aromatic rings. The lowest BCUT2D eigenvalue weighted by molar-refractivity contribution is -0.134. The number of carbonyl (C=O) groups excluding carboxylic acids is 1. The third-order valence-electron chi connectivity index (χ3n) is 5.14. The second-order valence-corrected chi connectivity index (χ2v) is 6.51. The summed E-state index contributed by atoms with van der Waals surface area (Å²) in [6, 6.07) is 10.4. The molecule has 1 N–H and O–H groups in total. The van der Waals surface area contributed by atoms with Crippen LogP contribution in [0, 0.1) is 5.92 Å². The van der Waals surface area contributed by atoms with Crippen molar-refractivity contribution in [2.75, 3.05) is 0 Å². The van der Waals surface area contributed by atoms with E-state index >= 15 is 0 Å². The minimum atomic E-state index is -0.162. The highest BCUT2D eigenvalue weighted by atomic mass is 16.2. The number of hydrogen-bond acceptors (Lipinski definition) is 2. The minimum absolute atomic E-state index is 0.162. The second-order valence-electron chi connectivity index (χ2n) is 6.51. The van der Waals surface area contributed by atoms with Crippen molar-refractivity contribution in [1.29, 1.82) is 0 Å². The van der Waals surface area contributed by atoms with Crippen molar-refractivity contribution in [3.8, 4) is 0 Å². The molecule has 1 aliphatic carbocycles. The van der Waals surface area contributed by atoms with Gasteiger partial charge in [0.2, 0.25) is 5.91 Å². The first-order chi connectivity index (χ1) is 10.2. The van der Waals surface area contributed by atoms with Gasteiger partial charge in [-0.2, -0.15) is 0 Å². The highest BCUT2D eigenvalue weighted by Gasteiger charge is 2.43. The van der Waals surface area contributed by atoms with Crippen molar-refractivity contribution in [3.05, 3.63) is 35.9 Å². The zero-order valence-electron chi connectivity index (χ0n) is 13.1. The first-order valence-electron chi connectivity index (χ1n) is 8.35. The van der Waals surface area contributed by atoms with Crippen LogP contribution in [-0.4, -0.2) is 23.0 Å². The molecule has 1 heterocycles. The Morgan fingerprint density at radius 2 is 1.90 bits per heavy atom. The molecule has 4 atom stereocenters. The summed E-state index contributed by atoms with van der Waals surface area (Å²) in [6.07, 6.45) is 6.14. The summed E-state index contributed by atoms with van der Waals surface area (Å²) in [5, 5.41) is 3.55. The topological polar surface area (TPSA) is 32.3 Å². The van der Waals surface area contributed by atoms with E-state index in [-0.39, 0.29) is 18.1 Å². The number of carbonyl (C=O) groups is 1. The van der Waals surface area contributed by atoms with Crippen LogP contribution in [0.5, 0.6) is 0 Å². The monoisotopic (exact) mass is 286 g/mol.